The van der Waals surface area contributed by atoms with Crippen LogP contribution in [0.3, 0.4) is 0 Å². The first kappa shape index (κ1) is 22.5. The molecule has 1 aromatic carbocycles. The zero-order valence-corrected chi connectivity index (χ0v) is 16.9. The van der Waals surface area contributed by atoms with Crippen LogP contribution in [0.1, 0.15) is 38.7 Å². The molecule has 6 heteroatoms. The first-order chi connectivity index (χ1) is 12.5. The van der Waals surface area contributed by atoms with Crippen molar-refractivity contribution in [1.29, 1.82) is 0 Å². The summed E-state index contributed by atoms with van der Waals surface area (Å²) in [5.41, 5.74) is 0.922. The van der Waals surface area contributed by atoms with E-state index in [9.17, 15) is 9.59 Å². The summed E-state index contributed by atoms with van der Waals surface area (Å²) < 4.78 is 4.70. The number of unbranched alkanes of at least 4 members (excludes halogenated alkanes) is 1. The van der Waals surface area contributed by atoms with Crippen molar-refractivity contribution in [2.45, 2.75) is 39.5 Å². The predicted octanol–water partition coefficient (Wildman–Crippen LogP) is 3.40. The third-order valence-electron chi connectivity index (χ3n) is 4.48. The van der Waals surface area contributed by atoms with E-state index in [0.29, 0.717) is 24.5 Å². The average Bonchev–Trinajstić information content (AvgIpc) is 2.65. The van der Waals surface area contributed by atoms with Crippen molar-refractivity contribution in [2.75, 3.05) is 39.8 Å². The summed E-state index contributed by atoms with van der Waals surface area (Å²) in [7, 11) is 1.37. The van der Waals surface area contributed by atoms with Gasteiger partial charge in [0.25, 0.3) is 0 Å². The number of benzene rings is 1. The van der Waals surface area contributed by atoms with Crippen molar-refractivity contribution >= 4 is 23.5 Å². The van der Waals surface area contributed by atoms with Gasteiger partial charge in [-0.2, -0.15) is 0 Å². The topological polar surface area (TPSA) is 49.9 Å². The molecule has 0 fully saturated rings. The van der Waals surface area contributed by atoms with Gasteiger partial charge in [-0.1, -0.05) is 37.6 Å². The third kappa shape index (κ3) is 8.68. The molecule has 0 atom stereocenters. The molecule has 0 saturated heterocycles. The predicted molar refractivity (Wildman–Crippen MR) is 105 cm³/mol. The van der Waals surface area contributed by atoms with E-state index in [0.717, 1.165) is 38.0 Å². The molecule has 1 rings (SSSR count). The maximum Gasteiger partial charge on any atom is 0.307 e. The Morgan fingerprint density at radius 1 is 1.00 bits per heavy atom. The highest BCUT2D eigenvalue weighted by Gasteiger charge is 2.16. The van der Waals surface area contributed by atoms with Gasteiger partial charge in [-0.15, -0.1) is 0 Å². The van der Waals surface area contributed by atoms with Crippen LogP contribution in [0, 0.1) is 0 Å². The van der Waals surface area contributed by atoms with Crippen molar-refractivity contribution in [3.8, 4) is 0 Å². The lowest BCUT2D eigenvalue weighted by Gasteiger charge is -2.23. The van der Waals surface area contributed by atoms with Gasteiger partial charge in [0, 0.05) is 18.1 Å². The Balaban J connectivity index is 2.57. The van der Waals surface area contributed by atoms with Crippen molar-refractivity contribution < 1.29 is 14.3 Å². The normalized spacial score (nSPS) is 10.8. The molecule has 0 saturated carbocycles. The van der Waals surface area contributed by atoms with Gasteiger partial charge in [-0.25, -0.2) is 0 Å². The van der Waals surface area contributed by atoms with Crippen LogP contribution in [0.15, 0.2) is 24.3 Å². The number of hydrogen-bond acceptors (Lipinski definition) is 4. The van der Waals surface area contributed by atoms with E-state index in [1.807, 2.05) is 12.1 Å². The highest BCUT2D eigenvalue weighted by atomic mass is 35.5. The largest absolute Gasteiger partial charge is 0.469 e. The average molecular weight is 383 g/mol. The molecule has 0 aromatic heterocycles. The number of halogens is 1. The van der Waals surface area contributed by atoms with Crippen LogP contribution in [-0.4, -0.2) is 61.5 Å². The van der Waals surface area contributed by atoms with Crippen LogP contribution in [-0.2, 0) is 20.7 Å². The molecular formula is C20H31ClN2O3. The van der Waals surface area contributed by atoms with E-state index in [4.69, 9.17) is 16.3 Å². The highest BCUT2D eigenvalue weighted by molar-refractivity contribution is 6.30. The molecule has 0 bridgehead atoms. The zero-order chi connectivity index (χ0) is 19.4. The van der Waals surface area contributed by atoms with E-state index >= 15 is 0 Å². The molecule has 5 nitrogen and oxygen atoms in total. The fourth-order valence-electron chi connectivity index (χ4n) is 2.76. The summed E-state index contributed by atoms with van der Waals surface area (Å²) >= 11 is 5.89. The summed E-state index contributed by atoms with van der Waals surface area (Å²) in [5.74, 6) is -0.267. The Kier molecular flexibility index (Phi) is 11.0. The second-order valence-electron chi connectivity index (χ2n) is 6.24. The highest BCUT2D eigenvalue weighted by Crippen LogP contribution is 2.11. The second kappa shape index (κ2) is 12.7. The fourth-order valence-corrected chi connectivity index (χ4v) is 2.88. The van der Waals surface area contributed by atoms with Crippen molar-refractivity contribution in [3.63, 3.8) is 0 Å². The number of nitrogens with zero attached hydrogens (tertiary/aromatic N) is 2. The number of esters is 1. The summed E-state index contributed by atoms with van der Waals surface area (Å²) in [4.78, 5) is 28.3. The van der Waals surface area contributed by atoms with Gasteiger partial charge in [0.1, 0.15) is 0 Å². The van der Waals surface area contributed by atoms with E-state index < -0.39 is 0 Å². The van der Waals surface area contributed by atoms with Gasteiger partial charge >= 0.3 is 5.97 Å². The summed E-state index contributed by atoms with van der Waals surface area (Å²) in [6.45, 7) is 8.47. The minimum atomic E-state index is -0.294. The van der Waals surface area contributed by atoms with E-state index in [-0.39, 0.29) is 18.3 Å². The molecule has 0 aliphatic carbocycles. The molecule has 0 spiro atoms. The first-order valence-corrected chi connectivity index (χ1v) is 9.69. The Morgan fingerprint density at radius 3 is 2.19 bits per heavy atom. The SMILES string of the molecule is CCN(CC)CCCCN(CCC(=O)OC)C(=O)Cc1ccc(Cl)cc1. The van der Waals surface area contributed by atoms with E-state index in [2.05, 4.69) is 18.7 Å². The number of ether oxygens (including phenoxy) is 1. The fraction of sp³-hybridized carbons (Fsp3) is 0.600. The lowest BCUT2D eigenvalue weighted by atomic mass is 10.1. The van der Waals surface area contributed by atoms with Crippen molar-refractivity contribution in [2.24, 2.45) is 0 Å². The molecule has 1 aromatic rings. The third-order valence-corrected chi connectivity index (χ3v) is 4.73. The molecule has 0 heterocycles. The molecule has 0 aliphatic heterocycles. The van der Waals surface area contributed by atoms with Crippen LogP contribution in [0.25, 0.3) is 0 Å². The van der Waals surface area contributed by atoms with Gasteiger partial charge in [0.05, 0.1) is 20.0 Å². The summed E-state index contributed by atoms with van der Waals surface area (Å²) in [6, 6.07) is 7.29. The lowest BCUT2D eigenvalue weighted by Crippen LogP contribution is -2.35. The van der Waals surface area contributed by atoms with Crippen molar-refractivity contribution in [3.05, 3.63) is 34.9 Å². The minimum absolute atomic E-state index is 0.0269. The van der Waals surface area contributed by atoms with E-state index in [1.54, 1.807) is 17.0 Å². The van der Waals surface area contributed by atoms with Gasteiger partial charge in [0.15, 0.2) is 0 Å². The Labute approximate surface area is 162 Å². The van der Waals surface area contributed by atoms with Crippen LogP contribution in [0.4, 0.5) is 0 Å². The standard InChI is InChI=1S/C20H31ClN2O3/c1-4-22(5-2)13-6-7-14-23(15-12-20(25)26-3)19(24)16-17-8-10-18(21)11-9-17/h8-11H,4-7,12-16H2,1-3H3. The monoisotopic (exact) mass is 382 g/mol. The van der Waals surface area contributed by atoms with Crippen LogP contribution < -0.4 is 0 Å². The van der Waals surface area contributed by atoms with Gasteiger partial charge in [-0.05, 0) is 50.2 Å². The van der Waals surface area contributed by atoms with Crippen LogP contribution >= 0.6 is 11.6 Å². The quantitative estimate of drug-likeness (QED) is 0.410. The van der Waals surface area contributed by atoms with E-state index in [1.165, 1.54) is 7.11 Å². The van der Waals surface area contributed by atoms with Gasteiger partial charge in [0.2, 0.25) is 5.91 Å². The molecule has 146 valence electrons. The smallest absolute Gasteiger partial charge is 0.307 e. The van der Waals surface area contributed by atoms with Gasteiger partial charge < -0.3 is 14.5 Å². The second-order valence-corrected chi connectivity index (χ2v) is 6.68. The summed E-state index contributed by atoms with van der Waals surface area (Å²) in [6.07, 6.45) is 2.49. The van der Waals surface area contributed by atoms with Crippen molar-refractivity contribution in [1.82, 2.24) is 9.80 Å². The molecule has 26 heavy (non-hydrogen) atoms. The first-order valence-electron chi connectivity index (χ1n) is 9.31. The number of carbonyl (C=O) groups excluding carboxylic acids is 2. The molecule has 0 radical (unpaired) electrons. The number of amides is 1. The Morgan fingerprint density at radius 2 is 1.62 bits per heavy atom. The maximum absolute atomic E-state index is 12.7. The van der Waals surface area contributed by atoms with Crippen LogP contribution in [0.5, 0.6) is 0 Å². The van der Waals surface area contributed by atoms with Gasteiger partial charge in [-0.3, -0.25) is 9.59 Å². The molecule has 1 amide bonds. The maximum atomic E-state index is 12.7. The lowest BCUT2D eigenvalue weighted by molar-refractivity contribution is -0.141. The number of methoxy groups -OCH3 is 1. The molecule has 0 N–H and O–H groups in total. The number of carbonyl (C=O) groups is 2. The zero-order valence-electron chi connectivity index (χ0n) is 16.2. The van der Waals surface area contributed by atoms with Crippen LogP contribution in [0.2, 0.25) is 5.02 Å². The number of hydrogen-bond donors (Lipinski definition) is 0. The molecule has 0 unspecified atom stereocenters. The minimum Gasteiger partial charge on any atom is -0.469 e. The molecule has 0 aliphatic rings. The molecular weight excluding hydrogens is 352 g/mol. The number of rotatable bonds is 12. The summed E-state index contributed by atoms with van der Waals surface area (Å²) in [5, 5.41) is 0.653. The Hall–Kier alpha value is -1.59. The Bertz CT molecular complexity index is 544.